The van der Waals surface area contributed by atoms with Crippen molar-refractivity contribution in [1.82, 2.24) is 0 Å². The van der Waals surface area contributed by atoms with Gasteiger partial charge in [0.2, 0.25) is 0 Å². The van der Waals surface area contributed by atoms with Crippen LogP contribution < -0.4 is 5.73 Å². The Bertz CT molecular complexity index is 306. The van der Waals surface area contributed by atoms with Crippen molar-refractivity contribution in [3.8, 4) is 0 Å². The van der Waals surface area contributed by atoms with Gasteiger partial charge in [-0.05, 0) is 17.9 Å². The molecule has 0 spiro atoms. The summed E-state index contributed by atoms with van der Waals surface area (Å²) in [5, 5.41) is 0. The molecule has 0 saturated carbocycles. The van der Waals surface area contributed by atoms with Crippen molar-refractivity contribution in [1.29, 1.82) is 0 Å². The van der Waals surface area contributed by atoms with E-state index in [1.807, 2.05) is 44.2 Å². The molecule has 2 nitrogen and oxygen atoms in total. The molecule has 0 saturated heterocycles. The Morgan fingerprint density at radius 2 is 1.87 bits per heavy atom. The first kappa shape index (κ1) is 11.9. The molecule has 0 aromatic heterocycles. The van der Waals surface area contributed by atoms with Gasteiger partial charge in [-0.2, -0.15) is 0 Å². The molecule has 0 aliphatic carbocycles. The van der Waals surface area contributed by atoms with E-state index in [2.05, 4.69) is 0 Å². The maximum Gasteiger partial charge on any atom is 0.150 e. The van der Waals surface area contributed by atoms with Crippen molar-refractivity contribution in [2.24, 2.45) is 11.7 Å². The predicted molar refractivity (Wildman–Crippen MR) is 62.6 cm³/mol. The fourth-order valence-corrected chi connectivity index (χ4v) is 1.54. The summed E-state index contributed by atoms with van der Waals surface area (Å²) in [7, 11) is 0. The molecule has 2 N–H and O–H groups in total. The van der Waals surface area contributed by atoms with Crippen molar-refractivity contribution in [3.05, 3.63) is 35.9 Å². The van der Waals surface area contributed by atoms with Crippen molar-refractivity contribution in [3.63, 3.8) is 0 Å². The van der Waals surface area contributed by atoms with Crippen LogP contribution in [0.1, 0.15) is 25.8 Å². The maximum atomic E-state index is 11.6. The van der Waals surface area contributed by atoms with Crippen LogP contribution in [0.25, 0.3) is 0 Å². The Morgan fingerprint density at radius 1 is 1.27 bits per heavy atom. The monoisotopic (exact) mass is 205 g/mol. The van der Waals surface area contributed by atoms with Gasteiger partial charge in [-0.15, -0.1) is 0 Å². The van der Waals surface area contributed by atoms with Crippen LogP contribution >= 0.6 is 0 Å². The molecule has 15 heavy (non-hydrogen) atoms. The number of carbonyl (C=O) groups excluding carboxylic acids is 1. The minimum Gasteiger partial charge on any atom is -0.321 e. The molecule has 0 aliphatic heterocycles. The number of carbonyl (C=O) groups is 1. The number of ketones is 1. The smallest absolute Gasteiger partial charge is 0.150 e. The lowest BCUT2D eigenvalue weighted by Gasteiger charge is -2.11. The molecule has 0 radical (unpaired) electrons. The first-order valence-electron chi connectivity index (χ1n) is 5.42. The lowest BCUT2D eigenvalue weighted by atomic mass is 9.97. The Hall–Kier alpha value is -1.15. The van der Waals surface area contributed by atoms with E-state index in [1.165, 1.54) is 0 Å². The first-order chi connectivity index (χ1) is 7.09. The molecule has 0 fully saturated rings. The fraction of sp³-hybridized carbons (Fsp3) is 0.462. The molecule has 1 rings (SSSR count). The van der Waals surface area contributed by atoms with Crippen LogP contribution in [0.15, 0.2) is 30.3 Å². The Labute approximate surface area is 91.5 Å². The third kappa shape index (κ3) is 4.26. The number of benzene rings is 1. The summed E-state index contributed by atoms with van der Waals surface area (Å²) in [6, 6.07) is 9.55. The highest BCUT2D eigenvalue weighted by Crippen LogP contribution is 2.07. The normalized spacial score (nSPS) is 12.8. The lowest BCUT2D eigenvalue weighted by Crippen LogP contribution is -2.33. The van der Waals surface area contributed by atoms with Crippen LogP contribution in [0.4, 0.5) is 0 Å². The Morgan fingerprint density at radius 3 is 2.40 bits per heavy atom. The Balaban J connectivity index is 2.49. The van der Waals surface area contributed by atoms with Crippen LogP contribution in [0, 0.1) is 5.92 Å². The molecule has 0 heterocycles. The van der Waals surface area contributed by atoms with E-state index in [1.54, 1.807) is 0 Å². The minimum atomic E-state index is -0.352. The number of Topliss-reactive ketones (excluding diaryl/α,β-unsaturated/α-hetero) is 1. The molecular formula is C13H19NO. The standard InChI is InChI=1S/C13H19NO/c1-10(2)8-13(15)12(14)9-11-6-4-3-5-7-11/h3-7,10,12H,8-9,14H2,1-2H3/t12-/m0/s1. The highest BCUT2D eigenvalue weighted by atomic mass is 16.1. The van der Waals surface area contributed by atoms with Gasteiger partial charge in [0.1, 0.15) is 5.78 Å². The van der Waals surface area contributed by atoms with Gasteiger partial charge in [0.15, 0.2) is 0 Å². The zero-order valence-corrected chi connectivity index (χ0v) is 9.44. The second kappa shape index (κ2) is 5.66. The van der Waals surface area contributed by atoms with Crippen LogP contribution in [-0.2, 0) is 11.2 Å². The van der Waals surface area contributed by atoms with Gasteiger partial charge in [-0.25, -0.2) is 0 Å². The summed E-state index contributed by atoms with van der Waals surface area (Å²) in [4.78, 5) is 11.6. The van der Waals surface area contributed by atoms with Crippen LogP contribution in [0.3, 0.4) is 0 Å². The molecule has 1 aromatic rings. The zero-order chi connectivity index (χ0) is 11.3. The van der Waals surface area contributed by atoms with Crippen molar-refractivity contribution in [2.45, 2.75) is 32.7 Å². The van der Waals surface area contributed by atoms with E-state index in [4.69, 9.17) is 5.73 Å². The minimum absolute atomic E-state index is 0.161. The number of rotatable bonds is 5. The Kier molecular flexibility index (Phi) is 4.50. The summed E-state index contributed by atoms with van der Waals surface area (Å²) in [5.74, 6) is 0.549. The maximum absolute atomic E-state index is 11.6. The third-order valence-corrected chi connectivity index (χ3v) is 2.32. The molecule has 0 aliphatic rings. The molecule has 1 atom stereocenters. The van der Waals surface area contributed by atoms with Crippen LogP contribution in [-0.4, -0.2) is 11.8 Å². The SMILES string of the molecule is CC(C)CC(=O)[C@@H](N)Cc1ccccc1. The first-order valence-corrected chi connectivity index (χ1v) is 5.42. The van der Waals surface area contributed by atoms with Crippen molar-refractivity contribution < 1.29 is 4.79 Å². The number of nitrogens with two attached hydrogens (primary N) is 1. The second-order valence-electron chi connectivity index (χ2n) is 4.36. The fourth-order valence-electron chi connectivity index (χ4n) is 1.54. The summed E-state index contributed by atoms with van der Waals surface area (Å²) in [6.45, 7) is 4.07. The third-order valence-electron chi connectivity index (χ3n) is 2.32. The van der Waals surface area contributed by atoms with E-state index in [9.17, 15) is 4.79 Å². The molecule has 0 amide bonds. The average Bonchev–Trinajstić information content (AvgIpc) is 2.18. The van der Waals surface area contributed by atoms with Gasteiger partial charge in [-0.3, -0.25) is 4.79 Å². The summed E-state index contributed by atoms with van der Waals surface area (Å²) in [5.41, 5.74) is 6.97. The van der Waals surface area contributed by atoms with Crippen molar-refractivity contribution >= 4 is 5.78 Å². The highest BCUT2D eigenvalue weighted by Gasteiger charge is 2.14. The topological polar surface area (TPSA) is 43.1 Å². The molecule has 82 valence electrons. The van der Waals surface area contributed by atoms with E-state index in [-0.39, 0.29) is 11.8 Å². The van der Waals surface area contributed by atoms with Gasteiger partial charge in [0.05, 0.1) is 6.04 Å². The van der Waals surface area contributed by atoms with E-state index < -0.39 is 0 Å². The van der Waals surface area contributed by atoms with E-state index >= 15 is 0 Å². The zero-order valence-electron chi connectivity index (χ0n) is 9.44. The van der Waals surface area contributed by atoms with Gasteiger partial charge >= 0.3 is 0 Å². The van der Waals surface area contributed by atoms with Gasteiger partial charge < -0.3 is 5.73 Å². The van der Waals surface area contributed by atoms with Crippen molar-refractivity contribution in [2.75, 3.05) is 0 Å². The molecule has 1 aromatic carbocycles. The lowest BCUT2D eigenvalue weighted by molar-refractivity contribution is -0.120. The van der Waals surface area contributed by atoms with E-state index in [0.717, 1.165) is 5.56 Å². The average molecular weight is 205 g/mol. The van der Waals surface area contributed by atoms with Gasteiger partial charge in [-0.1, -0.05) is 44.2 Å². The highest BCUT2D eigenvalue weighted by molar-refractivity contribution is 5.84. The number of hydrogen-bond donors (Lipinski definition) is 1. The molecule has 2 heteroatoms. The summed E-state index contributed by atoms with van der Waals surface area (Å²) in [6.07, 6.45) is 1.22. The van der Waals surface area contributed by atoms with Crippen LogP contribution in [0.2, 0.25) is 0 Å². The summed E-state index contributed by atoms with van der Waals surface area (Å²) >= 11 is 0. The molecular weight excluding hydrogens is 186 g/mol. The second-order valence-corrected chi connectivity index (χ2v) is 4.36. The molecule has 0 bridgehead atoms. The molecule has 0 unspecified atom stereocenters. The summed E-state index contributed by atoms with van der Waals surface area (Å²) < 4.78 is 0. The quantitative estimate of drug-likeness (QED) is 0.800. The van der Waals surface area contributed by atoms with Gasteiger partial charge in [0.25, 0.3) is 0 Å². The van der Waals surface area contributed by atoms with Gasteiger partial charge in [0, 0.05) is 6.42 Å². The predicted octanol–water partition coefficient (Wildman–Crippen LogP) is 2.17. The number of hydrogen-bond acceptors (Lipinski definition) is 2. The van der Waals surface area contributed by atoms with Crippen LogP contribution in [0.5, 0.6) is 0 Å². The van der Waals surface area contributed by atoms with E-state index in [0.29, 0.717) is 18.8 Å². The largest absolute Gasteiger partial charge is 0.321 e.